The smallest absolute Gasteiger partial charge is 0.295 e. The van der Waals surface area contributed by atoms with E-state index < -0.39 is 11.7 Å². The highest BCUT2D eigenvalue weighted by atomic mass is 16.5. The predicted molar refractivity (Wildman–Crippen MR) is 139 cm³/mol. The van der Waals surface area contributed by atoms with Crippen molar-refractivity contribution in [3.63, 3.8) is 0 Å². The van der Waals surface area contributed by atoms with Crippen molar-refractivity contribution in [1.82, 2.24) is 34.7 Å². The maximum absolute atomic E-state index is 13.4. The Morgan fingerprint density at radius 3 is 2.45 bits per heavy atom. The number of rotatable bonds is 7. The molecule has 194 valence electrons. The van der Waals surface area contributed by atoms with E-state index in [9.17, 15) is 14.4 Å². The van der Waals surface area contributed by atoms with Gasteiger partial charge in [0.15, 0.2) is 0 Å². The van der Waals surface area contributed by atoms with Gasteiger partial charge in [0.2, 0.25) is 0 Å². The zero-order valence-corrected chi connectivity index (χ0v) is 21.0. The number of anilines is 1. The number of fused-ring (bicyclic) bond motifs is 1. The summed E-state index contributed by atoms with van der Waals surface area (Å²) in [6, 6.07) is 5.14. The maximum Gasteiger partial charge on any atom is 0.295 e. The van der Waals surface area contributed by atoms with Gasteiger partial charge in [0.05, 0.1) is 42.2 Å². The average Bonchev–Trinajstić information content (AvgIpc) is 3.42. The number of aromatic amines is 1. The fourth-order valence-electron chi connectivity index (χ4n) is 4.39. The summed E-state index contributed by atoms with van der Waals surface area (Å²) in [6.07, 6.45) is 7.74. The van der Waals surface area contributed by atoms with Crippen LogP contribution in [-0.4, -0.2) is 92.2 Å². The molecule has 4 aromatic rings. The molecule has 4 aromatic heterocycles. The van der Waals surface area contributed by atoms with E-state index in [4.69, 9.17) is 4.74 Å². The number of methoxy groups -OCH3 is 1. The highest BCUT2D eigenvalue weighted by Crippen LogP contribution is 2.34. The van der Waals surface area contributed by atoms with Gasteiger partial charge in [-0.3, -0.25) is 19.4 Å². The largest absolute Gasteiger partial charge is 0.494 e. The lowest BCUT2D eigenvalue weighted by atomic mass is 10.1. The number of amides is 2. The molecule has 0 atom stereocenters. The van der Waals surface area contributed by atoms with Gasteiger partial charge in [0.1, 0.15) is 28.6 Å². The normalized spacial score (nSPS) is 13.4. The van der Waals surface area contributed by atoms with Gasteiger partial charge in [0, 0.05) is 45.1 Å². The summed E-state index contributed by atoms with van der Waals surface area (Å²) in [7, 11) is 1.47. The first kappa shape index (κ1) is 24.8. The summed E-state index contributed by atoms with van der Waals surface area (Å²) in [6.45, 7) is 3.77. The average molecular weight is 515 g/mol. The zero-order valence-electron chi connectivity index (χ0n) is 21.0. The summed E-state index contributed by atoms with van der Waals surface area (Å²) in [5, 5.41) is 3.53. The van der Waals surface area contributed by atoms with Crippen molar-refractivity contribution in [1.29, 1.82) is 0 Å². The number of carbonyl (C=O) groups is 3. The third kappa shape index (κ3) is 4.63. The molecule has 5 heterocycles. The highest BCUT2D eigenvalue weighted by molar-refractivity contribution is 6.45. The molecule has 5 rings (SSSR count). The maximum atomic E-state index is 13.4. The van der Waals surface area contributed by atoms with Gasteiger partial charge in [-0.2, -0.15) is 0 Å². The molecule has 0 bridgehead atoms. The van der Waals surface area contributed by atoms with Gasteiger partial charge in [-0.05, 0) is 19.1 Å². The van der Waals surface area contributed by atoms with E-state index in [1.165, 1.54) is 24.4 Å². The van der Waals surface area contributed by atoms with Crippen molar-refractivity contribution >= 4 is 34.3 Å². The Kier molecular flexibility index (Phi) is 6.94. The van der Waals surface area contributed by atoms with Crippen LogP contribution in [0.3, 0.4) is 0 Å². The van der Waals surface area contributed by atoms with E-state index in [2.05, 4.69) is 30.2 Å². The molecule has 2 amide bonds. The van der Waals surface area contributed by atoms with Crippen molar-refractivity contribution in [3.8, 4) is 17.1 Å². The molecule has 0 aliphatic carbocycles. The molecule has 2 N–H and O–H groups in total. The molecule has 38 heavy (non-hydrogen) atoms. The molecule has 1 aliphatic heterocycles. The van der Waals surface area contributed by atoms with Crippen LogP contribution in [0.15, 0.2) is 49.2 Å². The first-order chi connectivity index (χ1) is 18.5. The van der Waals surface area contributed by atoms with Crippen LogP contribution in [0, 0.1) is 0 Å². The third-order valence-corrected chi connectivity index (χ3v) is 6.32. The summed E-state index contributed by atoms with van der Waals surface area (Å²) in [4.78, 5) is 62.7. The Hall–Kier alpha value is -4.87. The molecule has 0 unspecified atom stereocenters. The van der Waals surface area contributed by atoms with Crippen molar-refractivity contribution in [2.45, 2.75) is 6.92 Å². The topological polar surface area (TPSA) is 146 Å². The van der Waals surface area contributed by atoms with Crippen molar-refractivity contribution in [2.75, 3.05) is 45.2 Å². The first-order valence-corrected chi connectivity index (χ1v) is 12.2. The third-order valence-electron chi connectivity index (χ3n) is 6.32. The standard InChI is InChI=1S/C26H26N8O4/c1-3-27-20-15-29-18(13-30-20)22-23-21(19(38-2)14-32-22)16(12-31-23)24(35)26(37)34-10-8-33(9-11-34)25(36)17-6-4-5-7-28-17/h4-7,12-15,31H,3,8-11H2,1-2H3,(H,27,30). The number of carbonyl (C=O) groups excluding carboxylic acids is 3. The second kappa shape index (κ2) is 10.6. The molecule has 0 radical (unpaired) electrons. The number of hydrogen-bond acceptors (Lipinski definition) is 9. The molecule has 1 fully saturated rings. The number of nitrogens with zero attached hydrogens (tertiary/aromatic N) is 6. The molecule has 1 aliphatic rings. The predicted octanol–water partition coefficient (Wildman–Crippen LogP) is 2.02. The number of hydrogen-bond donors (Lipinski definition) is 2. The Labute approximate surface area is 218 Å². The van der Waals surface area contributed by atoms with Crippen LogP contribution in [-0.2, 0) is 4.79 Å². The van der Waals surface area contributed by atoms with E-state index in [1.807, 2.05) is 6.92 Å². The summed E-state index contributed by atoms with van der Waals surface area (Å²) >= 11 is 0. The highest BCUT2D eigenvalue weighted by Gasteiger charge is 2.31. The van der Waals surface area contributed by atoms with E-state index in [0.29, 0.717) is 59.2 Å². The second-order valence-corrected chi connectivity index (χ2v) is 8.57. The lowest BCUT2D eigenvalue weighted by Crippen LogP contribution is -2.52. The van der Waals surface area contributed by atoms with Crippen molar-refractivity contribution < 1.29 is 19.1 Å². The Bertz CT molecular complexity index is 1480. The van der Waals surface area contributed by atoms with Gasteiger partial charge >= 0.3 is 0 Å². The van der Waals surface area contributed by atoms with Crippen molar-refractivity contribution in [3.05, 3.63) is 60.4 Å². The van der Waals surface area contributed by atoms with Crippen LogP contribution in [0.5, 0.6) is 5.75 Å². The van der Waals surface area contributed by atoms with Crippen LogP contribution in [0.1, 0.15) is 27.8 Å². The number of piperazine rings is 1. The van der Waals surface area contributed by atoms with Crippen LogP contribution < -0.4 is 10.1 Å². The van der Waals surface area contributed by atoms with E-state index in [1.54, 1.807) is 41.7 Å². The van der Waals surface area contributed by atoms with Crippen LogP contribution in [0.4, 0.5) is 5.82 Å². The quantitative estimate of drug-likeness (QED) is 0.279. The minimum atomic E-state index is -0.676. The molecule has 1 saturated heterocycles. The number of pyridine rings is 2. The molecule has 12 nitrogen and oxygen atoms in total. The minimum absolute atomic E-state index is 0.176. The van der Waals surface area contributed by atoms with Crippen LogP contribution in [0.2, 0.25) is 0 Å². The summed E-state index contributed by atoms with van der Waals surface area (Å²) in [5.41, 5.74) is 2.01. The SMILES string of the molecule is CCNc1cnc(-c2ncc(OC)c3c(C(=O)C(=O)N4CCN(C(=O)c5ccccn5)CC4)c[nH]c23)cn1. The molecule has 0 aromatic carbocycles. The molecular weight excluding hydrogens is 488 g/mol. The van der Waals surface area contributed by atoms with Crippen LogP contribution in [0.25, 0.3) is 22.3 Å². The second-order valence-electron chi connectivity index (χ2n) is 8.57. The van der Waals surface area contributed by atoms with Crippen molar-refractivity contribution in [2.24, 2.45) is 0 Å². The number of ketones is 1. The Morgan fingerprint density at radius 2 is 1.79 bits per heavy atom. The van der Waals surface area contributed by atoms with Gasteiger partial charge in [-0.25, -0.2) is 15.0 Å². The fourth-order valence-corrected chi connectivity index (χ4v) is 4.39. The number of aromatic nitrogens is 5. The Morgan fingerprint density at radius 1 is 1.00 bits per heavy atom. The fraction of sp³-hybridized carbons (Fsp3) is 0.269. The molecular formula is C26H26N8O4. The number of H-pyrrole nitrogens is 1. The Balaban J connectivity index is 1.36. The van der Waals surface area contributed by atoms with Gasteiger partial charge in [-0.15, -0.1) is 0 Å². The molecule has 0 saturated carbocycles. The summed E-state index contributed by atoms with van der Waals surface area (Å²) < 4.78 is 5.47. The molecule has 12 heteroatoms. The van der Waals surface area contributed by atoms with Crippen LogP contribution >= 0.6 is 0 Å². The lowest BCUT2D eigenvalue weighted by Gasteiger charge is -2.34. The zero-order chi connectivity index (χ0) is 26.6. The number of nitrogens with one attached hydrogen (secondary N) is 2. The van der Waals surface area contributed by atoms with E-state index in [-0.39, 0.29) is 24.6 Å². The van der Waals surface area contributed by atoms with Gasteiger partial charge < -0.3 is 24.8 Å². The van der Waals surface area contributed by atoms with Gasteiger partial charge in [0.25, 0.3) is 17.6 Å². The first-order valence-electron chi connectivity index (χ1n) is 12.2. The summed E-state index contributed by atoms with van der Waals surface area (Å²) in [5.74, 6) is -0.539. The van der Waals surface area contributed by atoms with Gasteiger partial charge in [-0.1, -0.05) is 6.07 Å². The monoisotopic (exact) mass is 514 g/mol. The van der Waals surface area contributed by atoms with E-state index >= 15 is 0 Å². The number of Topliss-reactive ketones (excluding diaryl/α,β-unsaturated/α-hetero) is 1. The minimum Gasteiger partial charge on any atom is -0.494 e. The number of ether oxygens (including phenoxy) is 1. The molecule has 0 spiro atoms. The van der Waals surface area contributed by atoms with E-state index in [0.717, 1.165) is 0 Å². The lowest BCUT2D eigenvalue weighted by molar-refractivity contribution is -0.127.